The van der Waals surface area contributed by atoms with Crippen LogP contribution < -0.4 is 5.32 Å². The van der Waals surface area contributed by atoms with E-state index in [9.17, 15) is 19.2 Å². The van der Waals surface area contributed by atoms with Crippen molar-refractivity contribution < 1.29 is 28.7 Å². The van der Waals surface area contributed by atoms with Crippen LogP contribution in [0.3, 0.4) is 0 Å². The van der Waals surface area contributed by atoms with Gasteiger partial charge < -0.3 is 14.8 Å². The number of hydrogen-bond acceptors (Lipinski definition) is 6. The van der Waals surface area contributed by atoms with Crippen LogP contribution in [-0.4, -0.2) is 41.3 Å². The van der Waals surface area contributed by atoms with E-state index in [-0.39, 0.29) is 18.9 Å². The predicted octanol–water partition coefficient (Wildman–Crippen LogP) is 2.66. The third-order valence-electron chi connectivity index (χ3n) is 5.12. The molecule has 0 aromatic heterocycles. The first-order chi connectivity index (χ1) is 14.5. The fraction of sp³-hybridized carbons (Fsp3) is 0.273. The Morgan fingerprint density at radius 1 is 1.17 bits per heavy atom. The lowest BCUT2D eigenvalue weighted by atomic mass is 10.1. The largest absolute Gasteiger partial charge is 0.462 e. The molecule has 0 radical (unpaired) electrons. The van der Waals surface area contributed by atoms with E-state index in [4.69, 9.17) is 9.47 Å². The first-order valence-corrected chi connectivity index (χ1v) is 9.68. The Morgan fingerprint density at radius 3 is 2.77 bits per heavy atom. The van der Waals surface area contributed by atoms with E-state index >= 15 is 0 Å². The molecule has 0 spiro atoms. The summed E-state index contributed by atoms with van der Waals surface area (Å²) in [6.07, 6.45) is -0.444. The fourth-order valence-corrected chi connectivity index (χ4v) is 3.75. The van der Waals surface area contributed by atoms with Gasteiger partial charge in [-0.2, -0.15) is 0 Å². The molecule has 8 nitrogen and oxygen atoms in total. The van der Waals surface area contributed by atoms with Gasteiger partial charge in [0.15, 0.2) is 0 Å². The van der Waals surface area contributed by atoms with Gasteiger partial charge in [0.1, 0.15) is 6.04 Å². The topological polar surface area (TPSA) is 102 Å². The highest BCUT2D eigenvalue weighted by atomic mass is 16.6. The molecule has 2 aliphatic heterocycles. The lowest BCUT2D eigenvalue weighted by Crippen LogP contribution is -2.43. The zero-order chi connectivity index (χ0) is 21.3. The Kier molecular flexibility index (Phi) is 5.22. The summed E-state index contributed by atoms with van der Waals surface area (Å²) in [5.41, 5.74) is 1.68. The first kappa shape index (κ1) is 19.6. The molecule has 0 saturated carbocycles. The number of hydrogen-bond donors (Lipinski definition) is 1. The highest BCUT2D eigenvalue weighted by molar-refractivity contribution is 6.01. The Labute approximate surface area is 172 Å². The minimum Gasteiger partial charge on any atom is -0.462 e. The number of ether oxygens (including phenoxy) is 2. The number of amides is 2. The van der Waals surface area contributed by atoms with Gasteiger partial charge in [0.05, 0.1) is 17.7 Å². The van der Waals surface area contributed by atoms with Gasteiger partial charge >= 0.3 is 11.9 Å². The van der Waals surface area contributed by atoms with E-state index in [0.29, 0.717) is 28.8 Å². The second-order valence-electron chi connectivity index (χ2n) is 6.99. The van der Waals surface area contributed by atoms with Crippen molar-refractivity contribution in [2.24, 2.45) is 0 Å². The summed E-state index contributed by atoms with van der Waals surface area (Å²) >= 11 is 0. The predicted molar refractivity (Wildman–Crippen MR) is 105 cm³/mol. The fourth-order valence-electron chi connectivity index (χ4n) is 3.75. The number of nitrogens with zero attached hydrogens (tertiary/aromatic N) is 1. The van der Waals surface area contributed by atoms with Gasteiger partial charge in [-0.05, 0) is 37.6 Å². The van der Waals surface area contributed by atoms with Crippen LogP contribution in [0.1, 0.15) is 52.3 Å². The second kappa shape index (κ2) is 7.98. The molecule has 2 heterocycles. The summed E-state index contributed by atoms with van der Waals surface area (Å²) in [4.78, 5) is 50.9. The molecule has 0 aliphatic carbocycles. The SMILES string of the molecule is CCOC(=O)c1cccc(NC(=O)[C@@H]2CCC(=O)N2C2OC(=O)c3ccccc32)c1. The molecule has 2 aromatic carbocycles. The third kappa shape index (κ3) is 3.52. The van der Waals surface area contributed by atoms with E-state index in [1.165, 1.54) is 11.0 Å². The highest BCUT2D eigenvalue weighted by Gasteiger charge is 2.46. The molecular formula is C22H20N2O6. The molecule has 0 bridgehead atoms. The normalized spacial score (nSPS) is 20.0. The van der Waals surface area contributed by atoms with Crippen molar-refractivity contribution in [3.63, 3.8) is 0 Å². The van der Waals surface area contributed by atoms with E-state index in [1.54, 1.807) is 49.4 Å². The van der Waals surface area contributed by atoms with Crippen molar-refractivity contribution >= 4 is 29.4 Å². The zero-order valence-corrected chi connectivity index (χ0v) is 16.3. The zero-order valence-electron chi connectivity index (χ0n) is 16.3. The van der Waals surface area contributed by atoms with Crippen LogP contribution >= 0.6 is 0 Å². The Hall–Kier alpha value is -3.68. The first-order valence-electron chi connectivity index (χ1n) is 9.68. The van der Waals surface area contributed by atoms with Crippen molar-refractivity contribution in [1.29, 1.82) is 0 Å². The Morgan fingerprint density at radius 2 is 1.97 bits per heavy atom. The Balaban J connectivity index is 1.55. The average molecular weight is 408 g/mol. The van der Waals surface area contributed by atoms with Crippen LogP contribution in [0.5, 0.6) is 0 Å². The van der Waals surface area contributed by atoms with Gasteiger partial charge in [0.25, 0.3) is 0 Å². The van der Waals surface area contributed by atoms with Gasteiger partial charge in [0.2, 0.25) is 18.0 Å². The highest BCUT2D eigenvalue weighted by Crippen LogP contribution is 2.38. The van der Waals surface area contributed by atoms with Crippen molar-refractivity contribution in [3.05, 3.63) is 65.2 Å². The molecule has 2 amide bonds. The quantitative estimate of drug-likeness (QED) is 0.763. The average Bonchev–Trinajstić information content (AvgIpc) is 3.28. The van der Waals surface area contributed by atoms with E-state index < -0.39 is 30.1 Å². The molecule has 2 atom stereocenters. The van der Waals surface area contributed by atoms with Crippen molar-refractivity contribution in [1.82, 2.24) is 4.90 Å². The maximum absolute atomic E-state index is 13.0. The van der Waals surface area contributed by atoms with Gasteiger partial charge in [-0.1, -0.05) is 24.3 Å². The van der Waals surface area contributed by atoms with Crippen LogP contribution in [0.4, 0.5) is 5.69 Å². The van der Waals surface area contributed by atoms with E-state index in [0.717, 1.165) is 0 Å². The smallest absolute Gasteiger partial charge is 0.340 e. The Bertz CT molecular complexity index is 1030. The number of carbonyl (C=O) groups is 4. The van der Waals surface area contributed by atoms with Crippen molar-refractivity contribution in [2.75, 3.05) is 11.9 Å². The van der Waals surface area contributed by atoms with Crippen molar-refractivity contribution in [2.45, 2.75) is 32.0 Å². The molecule has 1 saturated heterocycles. The molecule has 1 N–H and O–H groups in total. The molecule has 154 valence electrons. The summed E-state index contributed by atoms with van der Waals surface area (Å²) in [5.74, 6) is -1.68. The molecule has 30 heavy (non-hydrogen) atoms. The maximum Gasteiger partial charge on any atom is 0.340 e. The lowest BCUT2D eigenvalue weighted by Gasteiger charge is -2.29. The minimum absolute atomic E-state index is 0.178. The summed E-state index contributed by atoms with van der Waals surface area (Å²) in [7, 11) is 0. The lowest BCUT2D eigenvalue weighted by molar-refractivity contribution is -0.144. The number of esters is 2. The number of anilines is 1. The standard InChI is InChI=1S/C22H20N2O6/c1-2-29-21(27)13-6-5-7-14(12-13)23-19(26)17-10-11-18(25)24(17)20-15-8-3-4-9-16(15)22(28)30-20/h3-9,12,17,20H,2,10-11H2,1H3,(H,23,26)/t17-,20?/m0/s1. The van der Waals surface area contributed by atoms with Crippen LogP contribution in [0.2, 0.25) is 0 Å². The molecule has 4 rings (SSSR count). The van der Waals surface area contributed by atoms with E-state index in [2.05, 4.69) is 5.32 Å². The number of likely N-dealkylation sites (tertiary alicyclic amines) is 1. The number of carbonyl (C=O) groups excluding carboxylic acids is 4. The molecule has 1 fully saturated rings. The van der Waals surface area contributed by atoms with Crippen molar-refractivity contribution in [3.8, 4) is 0 Å². The van der Waals surface area contributed by atoms with Gasteiger partial charge in [-0.3, -0.25) is 14.5 Å². The van der Waals surface area contributed by atoms with Gasteiger partial charge in [0, 0.05) is 17.7 Å². The summed E-state index contributed by atoms with van der Waals surface area (Å²) in [5, 5.41) is 2.75. The van der Waals surface area contributed by atoms with Crippen LogP contribution in [0, 0.1) is 0 Å². The molecule has 8 heteroatoms. The number of cyclic esters (lactones) is 1. The maximum atomic E-state index is 13.0. The summed E-state index contributed by atoms with van der Waals surface area (Å²) in [6.45, 7) is 1.96. The number of benzene rings is 2. The number of rotatable bonds is 5. The van der Waals surface area contributed by atoms with Gasteiger partial charge in [-0.25, -0.2) is 9.59 Å². The van der Waals surface area contributed by atoms with Crippen LogP contribution in [0.15, 0.2) is 48.5 Å². The number of nitrogens with one attached hydrogen (secondary N) is 1. The van der Waals surface area contributed by atoms with E-state index in [1.807, 2.05) is 0 Å². The molecule has 2 aromatic rings. The minimum atomic E-state index is -0.926. The monoisotopic (exact) mass is 408 g/mol. The summed E-state index contributed by atoms with van der Waals surface area (Å²) < 4.78 is 10.4. The van der Waals surface area contributed by atoms with Crippen LogP contribution in [-0.2, 0) is 19.1 Å². The van der Waals surface area contributed by atoms with Gasteiger partial charge in [-0.15, -0.1) is 0 Å². The second-order valence-corrected chi connectivity index (χ2v) is 6.99. The molecule has 1 unspecified atom stereocenters. The molecular weight excluding hydrogens is 388 g/mol. The molecule has 2 aliphatic rings. The number of fused-ring (bicyclic) bond motifs is 1. The van der Waals surface area contributed by atoms with Crippen LogP contribution in [0.25, 0.3) is 0 Å². The third-order valence-corrected chi connectivity index (χ3v) is 5.12. The summed E-state index contributed by atoms with van der Waals surface area (Å²) in [6, 6.07) is 12.4.